The van der Waals surface area contributed by atoms with Gasteiger partial charge in [-0.15, -0.1) is 0 Å². The van der Waals surface area contributed by atoms with Gasteiger partial charge in [0.15, 0.2) is 11.6 Å². The summed E-state index contributed by atoms with van der Waals surface area (Å²) in [5, 5.41) is 3.21. The molecule has 15 heavy (non-hydrogen) atoms. The molecule has 0 aliphatic heterocycles. The molecule has 0 aliphatic rings. The summed E-state index contributed by atoms with van der Waals surface area (Å²) in [4.78, 5) is 0. The van der Waals surface area contributed by atoms with Crippen molar-refractivity contribution in [1.29, 1.82) is 0 Å². The van der Waals surface area contributed by atoms with Gasteiger partial charge < -0.3 is 15.8 Å². The summed E-state index contributed by atoms with van der Waals surface area (Å²) >= 11 is 0. The first-order valence-corrected chi connectivity index (χ1v) is 5.01. The summed E-state index contributed by atoms with van der Waals surface area (Å²) in [7, 11) is 1.45. The van der Waals surface area contributed by atoms with Crippen molar-refractivity contribution < 1.29 is 9.13 Å². The van der Waals surface area contributed by atoms with Crippen molar-refractivity contribution in [2.75, 3.05) is 19.0 Å². The lowest BCUT2D eigenvalue weighted by molar-refractivity contribution is 0.386. The number of hydrogen-bond acceptors (Lipinski definition) is 3. The fraction of sp³-hybridized carbons (Fsp3) is 0.455. The lowest BCUT2D eigenvalue weighted by atomic mass is 10.2. The maximum Gasteiger partial charge on any atom is 0.165 e. The number of hydrogen-bond donors (Lipinski definition) is 2. The van der Waals surface area contributed by atoms with Gasteiger partial charge >= 0.3 is 0 Å². The zero-order valence-electron chi connectivity index (χ0n) is 9.09. The molecular formula is C11H17FN2O. The SMILES string of the molecule is CCC(CN)Nc1ccc(F)c(OC)c1. The number of halogens is 1. The molecule has 1 aromatic rings. The minimum Gasteiger partial charge on any atom is -0.494 e. The number of rotatable bonds is 5. The van der Waals surface area contributed by atoms with Crippen LogP contribution < -0.4 is 15.8 Å². The quantitative estimate of drug-likeness (QED) is 0.784. The number of nitrogens with two attached hydrogens (primary N) is 1. The topological polar surface area (TPSA) is 47.3 Å². The number of benzene rings is 1. The largest absolute Gasteiger partial charge is 0.494 e. The van der Waals surface area contributed by atoms with E-state index in [1.807, 2.05) is 6.92 Å². The highest BCUT2D eigenvalue weighted by atomic mass is 19.1. The number of nitrogens with one attached hydrogen (secondary N) is 1. The summed E-state index contributed by atoms with van der Waals surface area (Å²) in [5.74, 6) is -0.115. The van der Waals surface area contributed by atoms with Crippen LogP contribution in [0.5, 0.6) is 5.75 Å². The molecule has 0 amide bonds. The van der Waals surface area contributed by atoms with Crippen molar-refractivity contribution in [2.24, 2.45) is 5.73 Å². The monoisotopic (exact) mass is 212 g/mol. The molecule has 84 valence electrons. The Morgan fingerprint density at radius 3 is 2.80 bits per heavy atom. The van der Waals surface area contributed by atoms with E-state index in [4.69, 9.17) is 10.5 Å². The van der Waals surface area contributed by atoms with Gasteiger partial charge in [-0.25, -0.2) is 4.39 Å². The standard InChI is InChI=1S/C11H17FN2O/c1-3-8(7-13)14-9-4-5-10(12)11(6-9)15-2/h4-6,8,14H,3,7,13H2,1-2H3. The third-order valence-corrected chi connectivity index (χ3v) is 2.30. The van der Waals surface area contributed by atoms with Crippen LogP contribution in [0.3, 0.4) is 0 Å². The van der Waals surface area contributed by atoms with E-state index in [-0.39, 0.29) is 17.6 Å². The van der Waals surface area contributed by atoms with E-state index in [0.717, 1.165) is 12.1 Å². The molecule has 0 bridgehead atoms. The first-order valence-electron chi connectivity index (χ1n) is 5.01. The fourth-order valence-corrected chi connectivity index (χ4v) is 1.31. The zero-order chi connectivity index (χ0) is 11.3. The highest BCUT2D eigenvalue weighted by Crippen LogP contribution is 2.22. The van der Waals surface area contributed by atoms with Crippen LogP contribution in [0.2, 0.25) is 0 Å². The van der Waals surface area contributed by atoms with Crippen LogP contribution in [-0.4, -0.2) is 19.7 Å². The van der Waals surface area contributed by atoms with Gasteiger partial charge in [0.05, 0.1) is 7.11 Å². The van der Waals surface area contributed by atoms with Crippen LogP contribution >= 0.6 is 0 Å². The van der Waals surface area contributed by atoms with Crippen molar-refractivity contribution in [3.8, 4) is 5.75 Å². The molecule has 0 saturated carbocycles. The fourth-order valence-electron chi connectivity index (χ4n) is 1.31. The molecule has 3 nitrogen and oxygen atoms in total. The summed E-state index contributed by atoms with van der Waals surface area (Å²) in [6.45, 7) is 2.60. The summed E-state index contributed by atoms with van der Waals surface area (Å²) in [6.07, 6.45) is 0.927. The maximum atomic E-state index is 13.1. The molecule has 0 spiro atoms. The molecule has 1 unspecified atom stereocenters. The van der Waals surface area contributed by atoms with E-state index < -0.39 is 0 Å². The van der Waals surface area contributed by atoms with Crippen LogP contribution in [0.15, 0.2) is 18.2 Å². The Balaban J connectivity index is 2.77. The third-order valence-electron chi connectivity index (χ3n) is 2.30. The Kier molecular flexibility index (Phi) is 4.37. The van der Waals surface area contributed by atoms with Crippen LogP contribution in [-0.2, 0) is 0 Å². The molecule has 0 fully saturated rings. The van der Waals surface area contributed by atoms with Crippen molar-refractivity contribution in [3.63, 3.8) is 0 Å². The van der Waals surface area contributed by atoms with E-state index in [1.54, 1.807) is 12.1 Å². The maximum absolute atomic E-state index is 13.1. The van der Waals surface area contributed by atoms with Gasteiger partial charge in [0, 0.05) is 24.3 Å². The Morgan fingerprint density at radius 1 is 1.53 bits per heavy atom. The normalized spacial score (nSPS) is 12.3. The third kappa shape index (κ3) is 3.09. The van der Waals surface area contributed by atoms with Crippen LogP contribution in [0, 0.1) is 5.82 Å². The van der Waals surface area contributed by atoms with E-state index in [2.05, 4.69) is 5.32 Å². The molecule has 3 N–H and O–H groups in total. The van der Waals surface area contributed by atoms with E-state index in [9.17, 15) is 4.39 Å². The minimum atomic E-state index is -0.358. The van der Waals surface area contributed by atoms with Gasteiger partial charge in [-0.2, -0.15) is 0 Å². The molecule has 1 rings (SSSR count). The molecule has 1 aromatic carbocycles. The lowest BCUT2D eigenvalue weighted by Crippen LogP contribution is -2.27. The van der Waals surface area contributed by atoms with E-state index in [0.29, 0.717) is 6.54 Å². The molecule has 0 aromatic heterocycles. The summed E-state index contributed by atoms with van der Waals surface area (Å²) in [6, 6.07) is 4.90. The van der Waals surface area contributed by atoms with Crippen molar-refractivity contribution in [2.45, 2.75) is 19.4 Å². The first-order chi connectivity index (χ1) is 7.21. The van der Waals surface area contributed by atoms with Crippen molar-refractivity contribution in [3.05, 3.63) is 24.0 Å². The zero-order valence-corrected chi connectivity index (χ0v) is 9.09. The van der Waals surface area contributed by atoms with Gasteiger partial charge in [0.1, 0.15) is 0 Å². The molecule has 0 heterocycles. The van der Waals surface area contributed by atoms with Gasteiger partial charge in [0.25, 0.3) is 0 Å². The van der Waals surface area contributed by atoms with Crippen LogP contribution in [0.4, 0.5) is 10.1 Å². The highest BCUT2D eigenvalue weighted by Gasteiger charge is 2.06. The van der Waals surface area contributed by atoms with Gasteiger partial charge in [0.2, 0.25) is 0 Å². The predicted molar refractivity (Wildman–Crippen MR) is 59.7 cm³/mol. The number of methoxy groups -OCH3 is 1. The highest BCUT2D eigenvalue weighted by molar-refractivity contribution is 5.49. The molecule has 0 saturated heterocycles. The first kappa shape index (κ1) is 11.8. The second-order valence-electron chi connectivity index (χ2n) is 3.33. The molecule has 1 atom stereocenters. The Labute approximate surface area is 89.4 Å². The van der Waals surface area contributed by atoms with E-state index in [1.165, 1.54) is 13.2 Å². The Hall–Kier alpha value is -1.29. The van der Waals surface area contributed by atoms with Crippen LogP contribution in [0.25, 0.3) is 0 Å². The summed E-state index contributed by atoms with van der Waals surface area (Å²) in [5.41, 5.74) is 6.39. The van der Waals surface area contributed by atoms with Gasteiger partial charge in [-0.3, -0.25) is 0 Å². The lowest BCUT2D eigenvalue weighted by Gasteiger charge is -2.16. The second-order valence-corrected chi connectivity index (χ2v) is 3.33. The Bertz CT molecular complexity index is 313. The summed E-state index contributed by atoms with van der Waals surface area (Å²) < 4.78 is 18.0. The number of anilines is 1. The van der Waals surface area contributed by atoms with Gasteiger partial charge in [-0.05, 0) is 18.6 Å². The second kappa shape index (κ2) is 5.56. The van der Waals surface area contributed by atoms with E-state index >= 15 is 0 Å². The molecule has 0 radical (unpaired) electrons. The average molecular weight is 212 g/mol. The van der Waals surface area contributed by atoms with Gasteiger partial charge in [-0.1, -0.05) is 6.92 Å². The molecule has 4 heteroatoms. The smallest absolute Gasteiger partial charge is 0.165 e. The van der Waals surface area contributed by atoms with Crippen molar-refractivity contribution >= 4 is 5.69 Å². The van der Waals surface area contributed by atoms with Crippen LogP contribution in [0.1, 0.15) is 13.3 Å². The molecule has 0 aliphatic carbocycles. The predicted octanol–water partition coefficient (Wildman–Crippen LogP) is 1.98. The number of ether oxygens (including phenoxy) is 1. The Morgan fingerprint density at radius 2 is 2.27 bits per heavy atom. The average Bonchev–Trinajstić information content (AvgIpc) is 2.28. The minimum absolute atomic E-state index is 0.208. The van der Waals surface area contributed by atoms with Crippen molar-refractivity contribution in [1.82, 2.24) is 0 Å². The molecular weight excluding hydrogens is 195 g/mol.